The number of nitrogens with two attached hydrogens (primary N) is 1. The first-order valence-electron chi connectivity index (χ1n) is 12.5. The number of ether oxygens (including phenoxy) is 3. The second-order valence-corrected chi connectivity index (χ2v) is 10.2. The predicted octanol–water partition coefficient (Wildman–Crippen LogP) is 5.12. The van der Waals surface area contributed by atoms with E-state index in [0.717, 1.165) is 18.2 Å². The second-order valence-electron chi connectivity index (χ2n) is 10.2. The SMILES string of the molecule is CCOC(=O)[C@H]1C=C(c2ccccc2)C(C#N)=C(N)[C@]12C(=O)N(C(=O)OC(C)(C)C)c1ccc(OC(F)(F)F)cc12. The van der Waals surface area contributed by atoms with Gasteiger partial charge in [-0.15, -0.1) is 13.2 Å². The number of rotatable bonds is 4. The summed E-state index contributed by atoms with van der Waals surface area (Å²) < 4.78 is 54.4. The van der Waals surface area contributed by atoms with Gasteiger partial charge in [-0.25, -0.2) is 9.69 Å². The number of benzene rings is 2. The maximum absolute atomic E-state index is 14.4. The van der Waals surface area contributed by atoms with E-state index in [4.69, 9.17) is 15.2 Å². The van der Waals surface area contributed by atoms with Gasteiger partial charge >= 0.3 is 18.4 Å². The fourth-order valence-corrected chi connectivity index (χ4v) is 5.01. The first kappa shape index (κ1) is 29.2. The molecule has 2 atom stereocenters. The number of halogens is 3. The standard InChI is InChI=1S/C29H26F3N3O6/c1-5-39-24(36)21-14-18(16-9-7-6-8-10-16)19(15-33)23(34)28(21)20-13-17(40-29(30,31)32)11-12-22(20)35(25(28)37)26(38)41-27(2,3)4/h6-14,21H,5,34H2,1-4H3/t21-,28-/m1/s1. The van der Waals surface area contributed by atoms with Gasteiger partial charge in [-0.1, -0.05) is 36.4 Å². The summed E-state index contributed by atoms with van der Waals surface area (Å²) in [6.07, 6.45) is -4.93. The van der Waals surface area contributed by atoms with Crippen molar-refractivity contribution in [1.82, 2.24) is 0 Å². The Morgan fingerprint density at radius 2 is 1.78 bits per heavy atom. The molecular formula is C29H26F3N3O6. The van der Waals surface area contributed by atoms with Crippen LogP contribution in [0, 0.1) is 17.2 Å². The molecule has 0 saturated heterocycles. The first-order valence-corrected chi connectivity index (χ1v) is 12.5. The van der Waals surface area contributed by atoms with Gasteiger partial charge in [-0.3, -0.25) is 9.59 Å². The smallest absolute Gasteiger partial charge is 0.465 e. The summed E-state index contributed by atoms with van der Waals surface area (Å²) in [5, 5.41) is 10.2. The van der Waals surface area contributed by atoms with Crippen LogP contribution >= 0.6 is 0 Å². The molecule has 2 aliphatic rings. The van der Waals surface area contributed by atoms with E-state index in [9.17, 15) is 32.8 Å². The number of imide groups is 1. The molecule has 2 aromatic carbocycles. The van der Waals surface area contributed by atoms with E-state index in [0.29, 0.717) is 10.5 Å². The number of carbonyl (C=O) groups is 3. The van der Waals surface area contributed by atoms with Gasteiger partial charge in [0.25, 0.3) is 5.91 Å². The van der Waals surface area contributed by atoms with Crippen LogP contribution in [0.3, 0.4) is 0 Å². The van der Waals surface area contributed by atoms with Crippen molar-refractivity contribution in [2.24, 2.45) is 11.7 Å². The lowest BCUT2D eigenvalue weighted by molar-refractivity contribution is -0.274. The summed E-state index contributed by atoms with van der Waals surface area (Å²) in [6.45, 7) is 6.09. The van der Waals surface area contributed by atoms with Crippen LogP contribution < -0.4 is 15.4 Å². The minimum atomic E-state index is -5.10. The monoisotopic (exact) mass is 569 g/mol. The number of nitriles is 1. The highest BCUT2D eigenvalue weighted by atomic mass is 19.4. The number of fused-ring (bicyclic) bond motifs is 2. The number of alkyl halides is 3. The Bertz CT molecular complexity index is 1520. The zero-order chi connectivity index (χ0) is 30.3. The van der Waals surface area contributed by atoms with Crippen molar-refractivity contribution in [3.05, 3.63) is 77.0 Å². The van der Waals surface area contributed by atoms with Gasteiger partial charge in [0.2, 0.25) is 0 Å². The molecule has 1 heterocycles. The molecule has 214 valence electrons. The Morgan fingerprint density at radius 1 is 1.12 bits per heavy atom. The lowest BCUT2D eigenvalue weighted by Gasteiger charge is -2.38. The molecule has 1 aliphatic heterocycles. The van der Waals surface area contributed by atoms with Crippen molar-refractivity contribution in [3.63, 3.8) is 0 Å². The van der Waals surface area contributed by atoms with E-state index in [2.05, 4.69) is 4.74 Å². The Labute approximate surface area is 233 Å². The summed E-state index contributed by atoms with van der Waals surface area (Å²) in [5.74, 6) is -4.37. The number of hydrogen-bond acceptors (Lipinski definition) is 8. The molecule has 0 radical (unpaired) electrons. The molecule has 2 N–H and O–H groups in total. The van der Waals surface area contributed by atoms with E-state index < -0.39 is 52.7 Å². The van der Waals surface area contributed by atoms with Crippen molar-refractivity contribution >= 4 is 29.2 Å². The second kappa shape index (κ2) is 10.3. The minimum absolute atomic E-state index is 0.108. The molecule has 41 heavy (non-hydrogen) atoms. The lowest BCUT2D eigenvalue weighted by Crippen LogP contribution is -2.54. The molecule has 0 bridgehead atoms. The zero-order valence-corrected chi connectivity index (χ0v) is 22.5. The molecule has 4 rings (SSSR count). The highest BCUT2D eigenvalue weighted by Gasteiger charge is 2.64. The van der Waals surface area contributed by atoms with Crippen LogP contribution in [0.1, 0.15) is 38.8 Å². The van der Waals surface area contributed by atoms with Crippen molar-refractivity contribution in [2.45, 2.75) is 45.1 Å². The third-order valence-corrected chi connectivity index (χ3v) is 6.48. The molecule has 2 aromatic rings. The molecule has 12 heteroatoms. The molecule has 1 spiro atoms. The average Bonchev–Trinajstić information content (AvgIpc) is 3.12. The topological polar surface area (TPSA) is 132 Å². The number of anilines is 1. The Hall–Kier alpha value is -4.79. The van der Waals surface area contributed by atoms with Gasteiger partial charge in [-0.2, -0.15) is 5.26 Å². The van der Waals surface area contributed by atoms with Crippen LogP contribution in [0.5, 0.6) is 5.75 Å². The molecule has 0 unspecified atom stereocenters. The lowest BCUT2D eigenvalue weighted by atomic mass is 9.63. The summed E-state index contributed by atoms with van der Waals surface area (Å²) in [5.41, 5.74) is 2.79. The number of carbonyl (C=O) groups excluding carboxylic acids is 3. The van der Waals surface area contributed by atoms with Crippen LogP contribution in [0.25, 0.3) is 5.57 Å². The van der Waals surface area contributed by atoms with Crippen molar-refractivity contribution in [1.29, 1.82) is 5.26 Å². The van der Waals surface area contributed by atoms with Crippen molar-refractivity contribution in [2.75, 3.05) is 11.5 Å². The number of nitrogens with zero attached hydrogens (tertiary/aromatic N) is 2. The Kier molecular flexibility index (Phi) is 7.34. The Morgan fingerprint density at radius 3 is 2.34 bits per heavy atom. The fraction of sp³-hybridized carbons (Fsp3) is 0.310. The third kappa shape index (κ3) is 5.11. The molecule has 0 fully saturated rings. The van der Waals surface area contributed by atoms with Gasteiger partial charge in [0.1, 0.15) is 28.8 Å². The van der Waals surface area contributed by atoms with E-state index in [1.165, 1.54) is 13.0 Å². The number of hydrogen-bond donors (Lipinski definition) is 1. The van der Waals surface area contributed by atoms with Crippen LogP contribution in [-0.4, -0.2) is 36.5 Å². The zero-order valence-electron chi connectivity index (χ0n) is 22.5. The van der Waals surface area contributed by atoms with Crippen LogP contribution in [-0.2, 0) is 24.5 Å². The van der Waals surface area contributed by atoms with Gasteiger partial charge in [0.15, 0.2) is 0 Å². The largest absolute Gasteiger partial charge is 0.573 e. The quantitative estimate of drug-likeness (QED) is 0.502. The molecule has 0 aromatic heterocycles. The molecule has 1 aliphatic carbocycles. The van der Waals surface area contributed by atoms with Crippen molar-refractivity contribution in [3.8, 4) is 11.8 Å². The predicted molar refractivity (Wildman–Crippen MR) is 140 cm³/mol. The fourth-order valence-electron chi connectivity index (χ4n) is 5.01. The minimum Gasteiger partial charge on any atom is -0.465 e. The van der Waals surface area contributed by atoms with Crippen LogP contribution in [0.4, 0.5) is 23.7 Å². The first-order chi connectivity index (χ1) is 19.2. The average molecular weight is 570 g/mol. The van der Waals surface area contributed by atoms with Gasteiger partial charge in [0, 0.05) is 11.3 Å². The van der Waals surface area contributed by atoms with Crippen LogP contribution in [0.15, 0.2) is 65.9 Å². The molecule has 9 nitrogen and oxygen atoms in total. The third-order valence-electron chi connectivity index (χ3n) is 6.48. The summed E-state index contributed by atoms with van der Waals surface area (Å²) in [4.78, 5) is 41.9. The maximum atomic E-state index is 14.4. The normalized spacial score (nSPS) is 20.3. The van der Waals surface area contributed by atoms with E-state index >= 15 is 0 Å². The molecule has 2 amide bonds. The van der Waals surface area contributed by atoms with E-state index in [1.54, 1.807) is 51.1 Å². The highest BCUT2D eigenvalue weighted by molar-refractivity contribution is 6.24. The van der Waals surface area contributed by atoms with E-state index in [1.807, 2.05) is 6.07 Å². The molecular weight excluding hydrogens is 543 g/mol. The highest BCUT2D eigenvalue weighted by Crippen LogP contribution is 2.56. The summed E-state index contributed by atoms with van der Waals surface area (Å²) in [6, 6.07) is 13.2. The number of amides is 2. The number of esters is 1. The Balaban J connectivity index is 2.07. The van der Waals surface area contributed by atoms with Crippen LogP contribution in [0.2, 0.25) is 0 Å². The summed E-state index contributed by atoms with van der Waals surface area (Å²) in [7, 11) is 0. The summed E-state index contributed by atoms with van der Waals surface area (Å²) >= 11 is 0. The number of allylic oxidation sites excluding steroid dienone is 2. The van der Waals surface area contributed by atoms with E-state index in [-0.39, 0.29) is 29.0 Å². The molecule has 0 saturated carbocycles. The van der Waals surface area contributed by atoms with Gasteiger partial charge in [0.05, 0.1) is 17.9 Å². The van der Waals surface area contributed by atoms with Crippen molar-refractivity contribution < 1.29 is 41.8 Å². The maximum Gasteiger partial charge on any atom is 0.573 e. The van der Waals surface area contributed by atoms with Gasteiger partial charge in [-0.05, 0) is 57.0 Å². The van der Waals surface area contributed by atoms with Gasteiger partial charge < -0.3 is 19.9 Å².